The molecule has 0 atom stereocenters. The molecule has 2 amide bonds. The number of thioether (sulfide) groups is 2. The van der Waals surface area contributed by atoms with Crippen molar-refractivity contribution in [3.8, 4) is 0 Å². The number of amides is 2. The monoisotopic (exact) mass is 405 g/mol. The van der Waals surface area contributed by atoms with Gasteiger partial charge in [-0.2, -0.15) is 0 Å². The number of fused-ring (bicyclic) bond motifs is 1. The number of benzene rings is 1. The Labute approximate surface area is 166 Å². The third-order valence-electron chi connectivity index (χ3n) is 4.07. The van der Waals surface area contributed by atoms with Crippen molar-refractivity contribution in [3.63, 3.8) is 0 Å². The van der Waals surface area contributed by atoms with Gasteiger partial charge in [0.15, 0.2) is 0 Å². The average molecular weight is 406 g/mol. The minimum absolute atomic E-state index is 0.00910. The molecule has 8 heteroatoms. The zero-order valence-electron chi connectivity index (χ0n) is 14.6. The standard InChI is InChI=1S/C18H19N3O2S3/c1-11-4-3-5-13-12(2)8-15(20-17(11)13)25-9-14(22)19-6-7-21-16(23)10-26-18(21)24/h3-5,8H,6-7,9-10H2,1-2H3,(H,19,22). The third kappa shape index (κ3) is 4.36. The molecule has 1 fully saturated rings. The molecule has 1 aromatic carbocycles. The van der Waals surface area contributed by atoms with E-state index in [0.29, 0.717) is 23.2 Å². The number of para-hydroxylation sites is 1. The maximum absolute atomic E-state index is 12.1. The van der Waals surface area contributed by atoms with Crippen LogP contribution >= 0.6 is 35.7 Å². The number of carbonyl (C=O) groups is 2. The van der Waals surface area contributed by atoms with Crippen molar-refractivity contribution in [3.05, 3.63) is 35.4 Å². The predicted octanol–water partition coefficient (Wildman–Crippen LogP) is 2.92. The molecule has 3 rings (SSSR count). The number of thiocarbonyl (C=S) groups is 1. The van der Waals surface area contributed by atoms with Gasteiger partial charge in [-0.15, -0.1) is 0 Å². The van der Waals surface area contributed by atoms with Gasteiger partial charge < -0.3 is 5.32 Å². The van der Waals surface area contributed by atoms with Gasteiger partial charge in [0, 0.05) is 18.5 Å². The fraction of sp³-hybridized carbons (Fsp3) is 0.333. The summed E-state index contributed by atoms with van der Waals surface area (Å²) < 4.78 is 0.588. The van der Waals surface area contributed by atoms with Crippen molar-refractivity contribution in [2.75, 3.05) is 24.6 Å². The Kier molecular flexibility index (Phi) is 6.16. The summed E-state index contributed by atoms with van der Waals surface area (Å²) in [5.74, 6) is 0.616. The maximum atomic E-state index is 12.1. The number of rotatable bonds is 6. The number of nitrogens with one attached hydrogen (secondary N) is 1. The van der Waals surface area contributed by atoms with E-state index in [2.05, 4.69) is 23.3 Å². The van der Waals surface area contributed by atoms with Gasteiger partial charge in [0.2, 0.25) is 11.8 Å². The van der Waals surface area contributed by atoms with Crippen LogP contribution in [-0.2, 0) is 9.59 Å². The summed E-state index contributed by atoms with van der Waals surface area (Å²) in [5.41, 5.74) is 3.26. The molecule has 0 radical (unpaired) electrons. The third-order valence-corrected chi connectivity index (χ3v) is 6.42. The Morgan fingerprint density at radius 1 is 1.38 bits per heavy atom. The Morgan fingerprint density at radius 3 is 2.92 bits per heavy atom. The van der Waals surface area contributed by atoms with E-state index in [-0.39, 0.29) is 17.6 Å². The van der Waals surface area contributed by atoms with Gasteiger partial charge in [-0.3, -0.25) is 14.5 Å². The normalized spacial score (nSPS) is 14.3. The largest absolute Gasteiger partial charge is 0.354 e. The van der Waals surface area contributed by atoms with Crippen LogP contribution in [0.2, 0.25) is 0 Å². The van der Waals surface area contributed by atoms with E-state index in [4.69, 9.17) is 12.2 Å². The summed E-state index contributed by atoms with van der Waals surface area (Å²) in [6.07, 6.45) is 0. The number of hydrogen-bond donors (Lipinski definition) is 1. The zero-order valence-corrected chi connectivity index (χ0v) is 17.0. The minimum atomic E-state index is -0.0791. The highest BCUT2D eigenvalue weighted by Crippen LogP contribution is 2.25. The molecule has 0 spiro atoms. The van der Waals surface area contributed by atoms with Crippen LogP contribution in [0.1, 0.15) is 11.1 Å². The molecule has 1 aliphatic rings. The first-order valence-corrected chi connectivity index (χ1v) is 10.6. The first kappa shape index (κ1) is 19.1. The highest BCUT2D eigenvalue weighted by molar-refractivity contribution is 8.23. The van der Waals surface area contributed by atoms with E-state index >= 15 is 0 Å². The average Bonchev–Trinajstić information content (AvgIpc) is 2.93. The van der Waals surface area contributed by atoms with Gasteiger partial charge in [0.25, 0.3) is 0 Å². The number of nitrogens with zero attached hydrogens (tertiary/aromatic N) is 2. The molecule has 1 N–H and O–H groups in total. The molecule has 0 saturated carbocycles. The second kappa shape index (κ2) is 8.37. The second-order valence-corrected chi connectivity index (χ2v) is 8.59. The lowest BCUT2D eigenvalue weighted by Gasteiger charge is -2.15. The molecular formula is C18H19N3O2S3. The SMILES string of the molecule is Cc1cc(SCC(=O)NCCN2C(=O)CSC2=S)nc2c(C)cccc12. The summed E-state index contributed by atoms with van der Waals surface area (Å²) in [6.45, 7) is 4.92. The Balaban J connectivity index is 1.53. The topological polar surface area (TPSA) is 62.3 Å². The van der Waals surface area contributed by atoms with Crippen LogP contribution in [0.4, 0.5) is 0 Å². The van der Waals surface area contributed by atoms with Gasteiger partial charge in [-0.05, 0) is 31.0 Å². The molecule has 2 aromatic rings. The fourth-order valence-corrected chi connectivity index (χ4v) is 4.62. The number of carbonyl (C=O) groups excluding carboxylic acids is 2. The van der Waals surface area contributed by atoms with Crippen LogP contribution in [0.3, 0.4) is 0 Å². The van der Waals surface area contributed by atoms with Gasteiger partial charge in [-0.25, -0.2) is 4.98 Å². The van der Waals surface area contributed by atoms with Crippen molar-refractivity contribution in [2.24, 2.45) is 0 Å². The summed E-state index contributed by atoms with van der Waals surface area (Å²) in [5, 5.41) is 4.81. The highest BCUT2D eigenvalue weighted by Gasteiger charge is 2.25. The molecule has 1 aromatic heterocycles. The molecule has 136 valence electrons. The van der Waals surface area contributed by atoms with Crippen molar-refractivity contribution < 1.29 is 9.59 Å². The number of hydrogen-bond acceptors (Lipinski definition) is 6. The van der Waals surface area contributed by atoms with Gasteiger partial charge in [-0.1, -0.05) is 53.9 Å². The molecule has 26 heavy (non-hydrogen) atoms. The summed E-state index contributed by atoms with van der Waals surface area (Å²) in [7, 11) is 0. The van der Waals surface area contributed by atoms with Crippen LogP contribution < -0.4 is 5.32 Å². The van der Waals surface area contributed by atoms with Crippen molar-refractivity contribution in [2.45, 2.75) is 18.9 Å². The van der Waals surface area contributed by atoms with E-state index < -0.39 is 0 Å². The first-order chi connectivity index (χ1) is 12.5. The molecule has 0 bridgehead atoms. The van der Waals surface area contributed by atoms with Crippen LogP contribution in [0.15, 0.2) is 29.3 Å². The lowest BCUT2D eigenvalue weighted by molar-refractivity contribution is -0.124. The van der Waals surface area contributed by atoms with Crippen molar-refractivity contribution in [1.29, 1.82) is 0 Å². The summed E-state index contributed by atoms with van der Waals surface area (Å²) >= 11 is 7.90. The van der Waals surface area contributed by atoms with Crippen molar-refractivity contribution in [1.82, 2.24) is 15.2 Å². The predicted molar refractivity (Wildman–Crippen MR) is 112 cm³/mol. The lowest BCUT2D eigenvalue weighted by atomic mass is 10.1. The molecule has 0 aliphatic carbocycles. The zero-order chi connectivity index (χ0) is 18.7. The second-order valence-electron chi connectivity index (χ2n) is 5.99. The lowest BCUT2D eigenvalue weighted by Crippen LogP contribution is -2.37. The minimum Gasteiger partial charge on any atom is -0.354 e. The van der Waals surface area contributed by atoms with Crippen LogP contribution in [0.25, 0.3) is 10.9 Å². The van der Waals surface area contributed by atoms with E-state index in [9.17, 15) is 9.59 Å². The number of pyridine rings is 1. The van der Waals surface area contributed by atoms with E-state index in [0.717, 1.165) is 27.1 Å². The molecule has 0 unspecified atom stereocenters. The van der Waals surface area contributed by atoms with Crippen LogP contribution in [0.5, 0.6) is 0 Å². The van der Waals surface area contributed by atoms with Crippen LogP contribution in [-0.4, -0.2) is 50.6 Å². The molecule has 1 aliphatic heterocycles. The van der Waals surface area contributed by atoms with Crippen LogP contribution in [0, 0.1) is 13.8 Å². The van der Waals surface area contributed by atoms with E-state index in [1.807, 2.05) is 25.1 Å². The highest BCUT2D eigenvalue weighted by atomic mass is 32.2. The first-order valence-electron chi connectivity index (χ1n) is 8.19. The maximum Gasteiger partial charge on any atom is 0.238 e. The molecule has 2 heterocycles. The summed E-state index contributed by atoms with van der Waals surface area (Å²) in [6, 6.07) is 8.15. The Hall–Kier alpha value is -1.64. The van der Waals surface area contributed by atoms with E-state index in [1.54, 1.807) is 4.90 Å². The Bertz CT molecular complexity index is 869. The molecule has 1 saturated heterocycles. The molecule has 5 nitrogen and oxygen atoms in total. The summed E-state index contributed by atoms with van der Waals surface area (Å²) in [4.78, 5) is 29.9. The van der Waals surface area contributed by atoms with E-state index in [1.165, 1.54) is 23.5 Å². The molecular weight excluding hydrogens is 386 g/mol. The smallest absolute Gasteiger partial charge is 0.238 e. The van der Waals surface area contributed by atoms with Gasteiger partial charge >= 0.3 is 0 Å². The Morgan fingerprint density at radius 2 is 2.19 bits per heavy atom. The van der Waals surface area contributed by atoms with Crippen molar-refractivity contribution >= 4 is 62.8 Å². The fourth-order valence-electron chi connectivity index (χ4n) is 2.70. The quantitative estimate of drug-likeness (QED) is 0.589. The number of aromatic nitrogens is 1. The van der Waals surface area contributed by atoms with Gasteiger partial charge in [0.1, 0.15) is 4.32 Å². The number of aryl methyl sites for hydroxylation is 2. The van der Waals surface area contributed by atoms with Gasteiger partial charge in [0.05, 0.1) is 22.0 Å².